The normalized spacial score (nSPS) is 24.3. The Hall–Kier alpha value is -2.01. The molecule has 0 fully saturated rings. The van der Waals surface area contributed by atoms with Crippen LogP contribution in [0.15, 0.2) is 24.5 Å². The maximum atomic E-state index is 5.47. The SMILES string of the molecule is CC1(c2ccc3c(c2)OCO3)NCCc2[nH]cnc21. The quantitative estimate of drug-likeness (QED) is 0.813. The largest absolute Gasteiger partial charge is 0.454 e. The molecule has 3 heterocycles. The van der Waals surface area contributed by atoms with Gasteiger partial charge >= 0.3 is 0 Å². The fourth-order valence-electron chi connectivity index (χ4n) is 2.91. The van der Waals surface area contributed by atoms with Crippen molar-refractivity contribution >= 4 is 0 Å². The molecule has 2 aromatic rings. The number of aromatic nitrogens is 2. The van der Waals surface area contributed by atoms with E-state index in [9.17, 15) is 0 Å². The van der Waals surface area contributed by atoms with Gasteiger partial charge in [0, 0.05) is 18.7 Å². The average Bonchev–Trinajstić information content (AvgIpc) is 3.07. The first-order valence-corrected chi connectivity index (χ1v) is 6.45. The zero-order valence-electron chi connectivity index (χ0n) is 10.7. The maximum Gasteiger partial charge on any atom is 0.231 e. The van der Waals surface area contributed by atoms with Crippen molar-refractivity contribution in [2.75, 3.05) is 13.3 Å². The second-order valence-electron chi connectivity index (χ2n) is 5.10. The molecule has 98 valence electrons. The summed E-state index contributed by atoms with van der Waals surface area (Å²) in [6.45, 7) is 3.39. The van der Waals surface area contributed by atoms with E-state index in [4.69, 9.17) is 9.47 Å². The van der Waals surface area contributed by atoms with Crippen molar-refractivity contribution < 1.29 is 9.47 Å². The van der Waals surface area contributed by atoms with Crippen LogP contribution in [-0.2, 0) is 12.0 Å². The van der Waals surface area contributed by atoms with Crippen LogP contribution in [0.1, 0.15) is 23.9 Å². The predicted octanol–water partition coefficient (Wildman–Crippen LogP) is 1.55. The molecule has 5 heteroatoms. The minimum absolute atomic E-state index is 0.283. The molecule has 0 bridgehead atoms. The Bertz CT molecular complexity index is 637. The van der Waals surface area contributed by atoms with E-state index in [-0.39, 0.29) is 5.54 Å². The highest BCUT2D eigenvalue weighted by atomic mass is 16.7. The van der Waals surface area contributed by atoms with Crippen molar-refractivity contribution in [2.45, 2.75) is 18.9 Å². The lowest BCUT2D eigenvalue weighted by molar-refractivity contribution is 0.174. The smallest absolute Gasteiger partial charge is 0.231 e. The first-order valence-electron chi connectivity index (χ1n) is 6.45. The number of ether oxygens (including phenoxy) is 2. The van der Waals surface area contributed by atoms with Gasteiger partial charge in [-0.1, -0.05) is 6.07 Å². The van der Waals surface area contributed by atoms with Crippen molar-refractivity contribution in [1.29, 1.82) is 0 Å². The molecule has 0 aliphatic carbocycles. The molecule has 2 aliphatic heterocycles. The van der Waals surface area contributed by atoms with Gasteiger partial charge in [0.25, 0.3) is 0 Å². The summed E-state index contributed by atoms with van der Waals surface area (Å²) < 4.78 is 10.8. The number of nitrogens with zero attached hydrogens (tertiary/aromatic N) is 1. The van der Waals surface area contributed by atoms with Crippen molar-refractivity contribution in [3.05, 3.63) is 41.5 Å². The van der Waals surface area contributed by atoms with Gasteiger partial charge in [0.1, 0.15) is 0 Å². The topological polar surface area (TPSA) is 59.2 Å². The number of hydrogen-bond acceptors (Lipinski definition) is 4. The summed E-state index contributed by atoms with van der Waals surface area (Å²) in [6.07, 6.45) is 2.75. The molecule has 5 nitrogen and oxygen atoms in total. The number of fused-ring (bicyclic) bond motifs is 2. The van der Waals surface area contributed by atoms with E-state index in [1.165, 1.54) is 5.69 Å². The van der Waals surface area contributed by atoms with Crippen LogP contribution in [0.25, 0.3) is 0 Å². The molecule has 1 aromatic carbocycles. The Morgan fingerprint density at radius 2 is 2.16 bits per heavy atom. The Morgan fingerprint density at radius 1 is 1.26 bits per heavy atom. The standard InChI is InChI=1S/C14H15N3O2/c1-14(13-10(4-5-17-14)15-7-16-13)9-2-3-11-12(6-9)19-8-18-11/h2-3,6-7,17H,4-5,8H2,1H3,(H,15,16). The number of imidazole rings is 1. The lowest BCUT2D eigenvalue weighted by Crippen LogP contribution is -2.46. The van der Waals surface area contributed by atoms with E-state index in [0.29, 0.717) is 6.79 Å². The fourth-order valence-corrected chi connectivity index (χ4v) is 2.91. The van der Waals surface area contributed by atoms with Crippen LogP contribution >= 0.6 is 0 Å². The lowest BCUT2D eigenvalue weighted by Gasteiger charge is -2.34. The summed E-state index contributed by atoms with van der Waals surface area (Å²) in [5.41, 5.74) is 3.13. The molecule has 0 amide bonds. The van der Waals surface area contributed by atoms with Crippen LogP contribution in [0, 0.1) is 0 Å². The number of hydrogen-bond donors (Lipinski definition) is 2. The number of rotatable bonds is 1. The van der Waals surface area contributed by atoms with Gasteiger partial charge in [-0.15, -0.1) is 0 Å². The van der Waals surface area contributed by atoms with E-state index >= 15 is 0 Å². The van der Waals surface area contributed by atoms with Gasteiger partial charge in [-0.05, 0) is 24.6 Å². The van der Waals surface area contributed by atoms with Crippen LogP contribution in [-0.4, -0.2) is 23.3 Å². The Labute approximate surface area is 111 Å². The van der Waals surface area contributed by atoms with E-state index in [2.05, 4.69) is 28.3 Å². The van der Waals surface area contributed by atoms with Gasteiger partial charge in [0.15, 0.2) is 11.5 Å². The van der Waals surface area contributed by atoms with Crippen LogP contribution in [0.2, 0.25) is 0 Å². The first-order chi connectivity index (χ1) is 9.27. The summed E-state index contributed by atoms with van der Waals surface area (Å²) >= 11 is 0. The zero-order chi connectivity index (χ0) is 12.9. The molecule has 0 radical (unpaired) electrons. The highest BCUT2D eigenvalue weighted by Crippen LogP contribution is 2.39. The number of nitrogens with one attached hydrogen (secondary N) is 2. The molecule has 4 rings (SSSR count). The summed E-state index contributed by atoms with van der Waals surface area (Å²) in [7, 11) is 0. The molecule has 2 aliphatic rings. The third-order valence-electron chi connectivity index (χ3n) is 4.00. The summed E-state index contributed by atoms with van der Waals surface area (Å²) in [5.74, 6) is 1.62. The maximum absolute atomic E-state index is 5.47. The molecule has 0 saturated heterocycles. The van der Waals surface area contributed by atoms with Crippen molar-refractivity contribution in [3.8, 4) is 11.5 Å². The molecule has 0 spiro atoms. The monoisotopic (exact) mass is 257 g/mol. The molecular weight excluding hydrogens is 242 g/mol. The highest BCUT2D eigenvalue weighted by Gasteiger charge is 2.36. The molecule has 1 unspecified atom stereocenters. The van der Waals surface area contributed by atoms with Gasteiger partial charge in [0.05, 0.1) is 17.6 Å². The molecule has 19 heavy (non-hydrogen) atoms. The molecule has 1 atom stereocenters. The predicted molar refractivity (Wildman–Crippen MR) is 69.3 cm³/mol. The lowest BCUT2D eigenvalue weighted by atomic mass is 9.84. The van der Waals surface area contributed by atoms with E-state index in [0.717, 1.165) is 35.7 Å². The molecule has 2 N–H and O–H groups in total. The summed E-state index contributed by atoms with van der Waals surface area (Å²) in [4.78, 5) is 7.72. The Morgan fingerprint density at radius 3 is 3.11 bits per heavy atom. The average molecular weight is 257 g/mol. The minimum atomic E-state index is -0.283. The second kappa shape index (κ2) is 3.74. The zero-order valence-corrected chi connectivity index (χ0v) is 10.7. The number of H-pyrrole nitrogens is 1. The highest BCUT2D eigenvalue weighted by molar-refractivity contribution is 5.49. The van der Waals surface area contributed by atoms with Gasteiger partial charge in [-0.25, -0.2) is 4.98 Å². The van der Waals surface area contributed by atoms with Crippen LogP contribution in [0.3, 0.4) is 0 Å². The van der Waals surface area contributed by atoms with Crippen LogP contribution in [0.5, 0.6) is 11.5 Å². The van der Waals surface area contributed by atoms with Gasteiger partial charge in [0.2, 0.25) is 6.79 Å². The van der Waals surface area contributed by atoms with Gasteiger partial charge in [-0.2, -0.15) is 0 Å². The van der Waals surface area contributed by atoms with Crippen LogP contribution in [0.4, 0.5) is 0 Å². The second-order valence-corrected chi connectivity index (χ2v) is 5.10. The van der Waals surface area contributed by atoms with E-state index < -0.39 is 0 Å². The van der Waals surface area contributed by atoms with Gasteiger partial charge in [-0.3, -0.25) is 0 Å². The third-order valence-corrected chi connectivity index (χ3v) is 4.00. The first kappa shape index (κ1) is 10.9. The summed E-state index contributed by atoms with van der Waals surface area (Å²) in [5, 5.41) is 3.57. The van der Waals surface area contributed by atoms with Crippen molar-refractivity contribution in [2.24, 2.45) is 0 Å². The van der Waals surface area contributed by atoms with E-state index in [1.54, 1.807) is 6.33 Å². The van der Waals surface area contributed by atoms with Crippen molar-refractivity contribution in [1.82, 2.24) is 15.3 Å². The molecular formula is C14H15N3O2. The Balaban J connectivity index is 1.84. The summed E-state index contributed by atoms with van der Waals surface area (Å²) in [6, 6.07) is 6.08. The minimum Gasteiger partial charge on any atom is -0.454 e. The molecule has 1 aromatic heterocycles. The Kier molecular flexibility index (Phi) is 2.14. The fraction of sp³-hybridized carbons (Fsp3) is 0.357. The van der Waals surface area contributed by atoms with Crippen molar-refractivity contribution in [3.63, 3.8) is 0 Å². The number of aromatic amines is 1. The molecule has 0 saturated carbocycles. The number of benzene rings is 1. The van der Waals surface area contributed by atoms with Crippen LogP contribution < -0.4 is 14.8 Å². The van der Waals surface area contributed by atoms with E-state index in [1.807, 2.05) is 12.1 Å². The van der Waals surface area contributed by atoms with Gasteiger partial charge < -0.3 is 19.8 Å². The third kappa shape index (κ3) is 1.48.